The Kier molecular flexibility index (Phi) is 6.49. The maximum atomic E-state index is 13.6. The van der Waals surface area contributed by atoms with Gasteiger partial charge in [-0.25, -0.2) is 14.4 Å². The Labute approximate surface area is 163 Å². The van der Waals surface area contributed by atoms with Crippen LogP contribution in [0.15, 0.2) is 43.2 Å². The first-order valence-electron chi connectivity index (χ1n) is 9.43. The zero-order valence-electron chi connectivity index (χ0n) is 15.6. The molecule has 1 heterocycles. The van der Waals surface area contributed by atoms with Crippen LogP contribution >= 0.6 is 0 Å². The fraction of sp³-hybridized carbons (Fsp3) is 0.364. The highest BCUT2D eigenvalue weighted by atomic mass is 19.1. The van der Waals surface area contributed by atoms with Gasteiger partial charge in [0.1, 0.15) is 23.5 Å². The van der Waals surface area contributed by atoms with Crippen LogP contribution in [0, 0.1) is 23.1 Å². The van der Waals surface area contributed by atoms with Crippen LogP contribution in [0.25, 0.3) is 0 Å². The number of benzene rings is 1. The van der Waals surface area contributed by atoms with Gasteiger partial charge in [-0.1, -0.05) is 6.08 Å². The summed E-state index contributed by atoms with van der Waals surface area (Å²) in [5.41, 5.74) is 1.02. The molecular formula is C22H22FN3O2. The Morgan fingerprint density at radius 3 is 2.61 bits per heavy atom. The average molecular weight is 379 g/mol. The molecule has 3 rings (SSSR count). The number of carbonyl (C=O) groups is 1. The second-order valence-corrected chi connectivity index (χ2v) is 7.00. The van der Waals surface area contributed by atoms with Crippen LogP contribution in [0.2, 0.25) is 0 Å². The predicted molar refractivity (Wildman–Crippen MR) is 102 cm³/mol. The number of hydrogen-bond acceptors (Lipinski definition) is 5. The first-order chi connectivity index (χ1) is 13.6. The Morgan fingerprint density at radius 2 is 2.00 bits per heavy atom. The lowest BCUT2D eigenvalue weighted by Gasteiger charge is -2.26. The number of aromatic nitrogens is 2. The molecule has 0 aliphatic heterocycles. The summed E-state index contributed by atoms with van der Waals surface area (Å²) in [5, 5.41) is 8.76. The first kappa shape index (κ1) is 19.7. The number of aryl methyl sites for hydroxylation is 1. The molecule has 0 saturated heterocycles. The van der Waals surface area contributed by atoms with Gasteiger partial charge in [0.25, 0.3) is 0 Å². The van der Waals surface area contributed by atoms with Gasteiger partial charge < -0.3 is 4.74 Å². The standard InChI is InChI=1S/C22H22FN3O2/c1-2-3-4-15-13-25-21(26-14-15)16-5-7-17(8-6-16)22(27)28-19-10-9-18(12-24)20(23)11-19/h2,9-11,13-14,16-17H,1,3-8H2/t16-,17-. The van der Waals surface area contributed by atoms with E-state index >= 15 is 0 Å². The van der Waals surface area contributed by atoms with Crippen molar-refractivity contribution >= 4 is 5.97 Å². The van der Waals surface area contributed by atoms with Gasteiger partial charge in [0.05, 0.1) is 11.5 Å². The number of nitrogens with zero attached hydrogens (tertiary/aromatic N) is 3. The fourth-order valence-corrected chi connectivity index (χ4v) is 3.41. The molecule has 1 aromatic carbocycles. The van der Waals surface area contributed by atoms with Crippen molar-refractivity contribution in [3.8, 4) is 11.8 Å². The Hall–Kier alpha value is -3.07. The van der Waals surface area contributed by atoms with Crippen LogP contribution in [-0.2, 0) is 11.2 Å². The van der Waals surface area contributed by atoms with Gasteiger partial charge in [0.15, 0.2) is 0 Å². The molecule has 1 aliphatic carbocycles. The third-order valence-corrected chi connectivity index (χ3v) is 5.07. The van der Waals surface area contributed by atoms with Gasteiger partial charge in [0, 0.05) is 24.4 Å². The molecule has 5 nitrogen and oxygen atoms in total. The summed E-state index contributed by atoms with van der Waals surface area (Å²) in [6.07, 6.45) is 10.4. The smallest absolute Gasteiger partial charge is 0.314 e. The summed E-state index contributed by atoms with van der Waals surface area (Å²) < 4.78 is 18.9. The van der Waals surface area contributed by atoms with E-state index in [9.17, 15) is 9.18 Å². The minimum Gasteiger partial charge on any atom is -0.426 e. The molecule has 1 aliphatic rings. The van der Waals surface area contributed by atoms with E-state index in [4.69, 9.17) is 10.00 Å². The van der Waals surface area contributed by atoms with Crippen molar-refractivity contribution in [3.63, 3.8) is 0 Å². The maximum absolute atomic E-state index is 13.6. The van der Waals surface area contributed by atoms with Crippen LogP contribution in [0.3, 0.4) is 0 Å². The molecule has 0 unspecified atom stereocenters. The SMILES string of the molecule is C=CCCc1cnc([C@H]2CC[C@H](C(=O)Oc3ccc(C#N)c(F)c3)CC2)nc1. The average Bonchev–Trinajstić information content (AvgIpc) is 2.73. The molecule has 1 fully saturated rings. The van der Waals surface area contributed by atoms with E-state index in [0.717, 1.165) is 43.1 Å². The molecule has 0 spiro atoms. The first-order valence-corrected chi connectivity index (χ1v) is 9.43. The molecule has 28 heavy (non-hydrogen) atoms. The zero-order valence-corrected chi connectivity index (χ0v) is 15.6. The minimum atomic E-state index is -0.690. The second-order valence-electron chi connectivity index (χ2n) is 7.00. The summed E-state index contributed by atoms with van der Waals surface area (Å²) >= 11 is 0. The number of esters is 1. The summed E-state index contributed by atoms with van der Waals surface area (Å²) in [7, 11) is 0. The van der Waals surface area contributed by atoms with Crippen molar-refractivity contribution in [2.24, 2.45) is 5.92 Å². The largest absolute Gasteiger partial charge is 0.426 e. The number of allylic oxidation sites excluding steroid dienone is 1. The van der Waals surface area contributed by atoms with E-state index in [-0.39, 0.29) is 29.1 Å². The van der Waals surface area contributed by atoms with Gasteiger partial charge in [-0.2, -0.15) is 5.26 Å². The van der Waals surface area contributed by atoms with Crippen molar-refractivity contribution in [3.05, 3.63) is 66.0 Å². The van der Waals surface area contributed by atoms with Crippen LogP contribution < -0.4 is 4.74 Å². The second kappa shape index (κ2) is 9.23. The highest BCUT2D eigenvalue weighted by Gasteiger charge is 2.29. The monoisotopic (exact) mass is 379 g/mol. The van der Waals surface area contributed by atoms with E-state index in [2.05, 4.69) is 16.5 Å². The quantitative estimate of drug-likeness (QED) is 0.420. The summed E-state index contributed by atoms with van der Waals surface area (Å²) in [5.74, 6) is -0.0782. The van der Waals surface area contributed by atoms with Crippen molar-refractivity contribution in [2.45, 2.75) is 44.4 Å². The maximum Gasteiger partial charge on any atom is 0.314 e. The fourth-order valence-electron chi connectivity index (χ4n) is 3.41. The third kappa shape index (κ3) is 4.80. The summed E-state index contributed by atoms with van der Waals surface area (Å²) in [6.45, 7) is 3.72. The molecule has 2 aromatic rings. The highest BCUT2D eigenvalue weighted by Crippen LogP contribution is 2.35. The lowest BCUT2D eigenvalue weighted by Crippen LogP contribution is -2.25. The van der Waals surface area contributed by atoms with E-state index < -0.39 is 5.82 Å². The summed E-state index contributed by atoms with van der Waals surface area (Å²) in [6, 6.07) is 5.56. The van der Waals surface area contributed by atoms with Gasteiger partial charge in [-0.15, -0.1) is 6.58 Å². The number of rotatable bonds is 6. The van der Waals surface area contributed by atoms with E-state index in [0.29, 0.717) is 12.8 Å². The van der Waals surface area contributed by atoms with Gasteiger partial charge in [-0.05, 0) is 56.2 Å². The molecule has 0 bridgehead atoms. The number of ether oxygens (including phenoxy) is 1. The topological polar surface area (TPSA) is 75.9 Å². The van der Waals surface area contributed by atoms with Crippen molar-refractivity contribution in [2.75, 3.05) is 0 Å². The molecule has 6 heteroatoms. The zero-order chi connectivity index (χ0) is 19.9. The third-order valence-electron chi connectivity index (χ3n) is 5.07. The molecule has 0 radical (unpaired) electrons. The van der Waals surface area contributed by atoms with Crippen molar-refractivity contribution in [1.82, 2.24) is 9.97 Å². The lowest BCUT2D eigenvalue weighted by atomic mass is 9.81. The normalized spacial score (nSPS) is 18.9. The highest BCUT2D eigenvalue weighted by molar-refractivity contribution is 5.75. The molecule has 0 amide bonds. The van der Waals surface area contributed by atoms with Crippen molar-refractivity contribution < 1.29 is 13.9 Å². The van der Waals surface area contributed by atoms with Crippen molar-refractivity contribution in [1.29, 1.82) is 5.26 Å². The molecule has 144 valence electrons. The molecule has 0 atom stereocenters. The van der Waals surface area contributed by atoms with E-state index in [1.54, 1.807) is 6.07 Å². The Bertz CT molecular complexity index is 882. The molecule has 1 aromatic heterocycles. The number of halogens is 1. The van der Waals surface area contributed by atoms with Crippen LogP contribution in [-0.4, -0.2) is 15.9 Å². The molecule has 1 saturated carbocycles. The minimum absolute atomic E-state index is 0.0733. The summed E-state index contributed by atoms with van der Waals surface area (Å²) in [4.78, 5) is 21.4. The Balaban J connectivity index is 1.53. The Morgan fingerprint density at radius 1 is 1.29 bits per heavy atom. The molecular weight excluding hydrogens is 357 g/mol. The van der Waals surface area contributed by atoms with E-state index in [1.807, 2.05) is 18.5 Å². The van der Waals surface area contributed by atoms with Crippen LogP contribution in [0.5, 0.6) is 5.75 Å². The van der Waals surface area contributed by atoms with E-state index in [1.165, 1.54) is 12.1 Å². The van der Waals surface area contributed by atoms with Gasteiger partial charge in [-0.3, -0.25) is 4.79 Å². The lowest BCUT2D eigenvalue weighted by molar-refractivity contribution is -0.140. The number of carbonyl (C=O) groups excluding carboxylic acids is 1. The molecule has 0 N–H and O–H groups in total. The van der Waals surface area contributed by atoms with Gasteiger partial charge >= 0.3 is 5.97 Å². The van der Waals surface area contributed by atoms with Gasteiger partial charge in [0.2, 0.25) is 0 Å². The number of nitriles is 1. The predicted octanol–water partition coefficient (Wildman–Crippen LogP) is 4.49. The van der Waals surface area contributed by atoms with Crippen LogP contribution in [0.4, 0.5) is 4.39 Å². The number of hydrogen-bond donors (Lipinski definition) is 0. The van der Waals surface area contributed by atoms with Crippen LogP contribution in [0.1, 0.15) is 55.0 Å².